The average Bonchev–Trinajstić information content (AvgIpc) is 2.88. The zero-order valence-corrected chi connectivity index (χ0v) is 12.0. The van der Waals surface area contributed by atoms with Crippen LogP contribution in [0.15, 0.2) is 42.7 Å². The van der Waals surface area contributed by atoms with E-state index in [9.17, 15) is 4.79 Å². The van der Waals surface area contributed by atoms with E-state index in [1.165, 1.54) is 0 Å². The molecule has 0 saturated carbocycles. The van der Waals surface area contributed by atoms with Gasteiger partial charge in [-0.2, -0.15) is 5.10 Å². The Morgan fingerprint density at radius 1 is 1.30 bits per heavy atom. The maximum absolute atomic E-state index is 11.5. The lowest BCUT2D eigenvalue weighted by Crippen LogP contribution is -2.26. The van der Waals surface area contributed by atoms with Crippen LogP contribution in [0.5, 0.6) is 0 Å². The molecule has 1 N–H and O–H groups in total. The van der Waals surface area contributed by atoms with Gasteiger partial charge < -0.3 is 5.32 Å². The van der Waals surface area contributed by atoms with Crippen LogP contribution in [-0.2, 0) is 11.2 Å². The van der Waals surface area contributed by atoms with Gasteiger partial charge in [-0.1, -0.05) is 32.0 Å². The maximum Gasteiger partial charge on any atom is 0.220 e. The summed E-state index contributed by atoms with van der Waals surface area (Å²) in [5.74, 6) is 0.520. The topological polar surface area (TPSA) is 46.9 Å². The van der Waals surface area contributed by atoms with E-state index in [1.54, 1.807) is 0 Å². The van der Waals surface area contributed by atoms with Crippen LogP contribution in [0.1, 0.15) is 25.8 Å². The van der Waals surface area contributed by atoms with Crippen molar-refractivity contribution in [2.45, 2.75) is 26.7 Å². The molecule has 20 heavy (non-hydrogen) atoms. The summed E-state index contributed by atoms with van der Waals surface area (Å²) >= 11 is 0. The van der Waals surface area contributed by atoms with Gasteiger partial charge in [0.25, 0.3) is 0 Å². The van der Waals surface area contributed by atoms with Gasteiger partial charge in [0.05, 0.1) is 11.9 Å². The third-order valence-corrected chi connectivity index (χ3v) is 2.99. The number of hydrogen-bond acceptors (Lipinski definition) is 2. The number of benzene rings is 1. The molecule has 2 aromatic rings. The second-order valence-electron chi connectivity index (χ2n) is 5.33. The fourth-order valence-corrected chi connectivity index (χ4v) is 2.00. The number of nitrogens with zero attached hydrogens (tertiary/aromatic N) is 2. The van der Waals surface area contributed by atoms with Gasteiger partial charge in [0.15, 0.2) is 0 Å². The highest BCUT2D eigenvalue weighted by Gasteiger charge is 2.05. The SMILES string of the molecule is CC(C)CC(=O)NCCc1cnn(-c2ccccc2)c1. The highest BCUT2D eigenvalue weighted by atomic mass is 16.1. The molecule has 0 unspecified atom stereocenters. The lowest BCUT2D eigenvalue weighted by Gasteiger charge is -2.06. The summed E-state index contributed by atoms with van der Waals surface area (Å²) in [7, 11) is 0. The number of nitrogens with one attached hydrogen (secondary N) is 1. The Morgan fingerprint density at radius 3 is 2.75 bits per heavy atom. The number of carbonyl (C=O) groups excluding carboxylic acids is 1. The number of hydrogen-bond donors (Lipinski definition) is 1. The lowest BCUT2D eigenvalue weighted by molar-refractivity contribution is -0.121. The third-order valence-electron chi connectivity index (χ3n) is 2.99. The summed E-state index contributed by atoms with van der Waals surface area (Å²) in [5, 5.41) is 7.27. The fourth-order valence-electron chi connectivity index (χ4n) is 2.00. The average molecular weight is 271 g/mol. The van der Waals surface area contributed by atoms with Crippen molar-refractivity contribution < 1.29 is 4.79 Å². The van der Waals surface area contributed by atoms with Gasteiger partial charge in [-0.3, -0.25) is 4.79 Å². The van der Waals surface area contributed by atoms with Crippen LogP contribution in [-0.4, -0.2) is 22.2 Å². The maximum atomic E-state index is 11.5. The molecule has 0 aliphatic heterocycles. The van der Waals surface area contributed by atoms with E-state index in [0.29, 0.717) is 18.9 Å². The van der Waals surface area contributed by atoms with Crippen molar-refractivity contribution in [3.8, 4) is 5.69 Å². The highest BCUT2D eigenvalue weighted by Crippen LogP contribution is 2.07. The molecule has 0 bridgehead atoms. The normalized spacial score (nSPS) is 10.8. The van der Waals surface area contributed by atoms with Crippen LogP contribution in [0.4, 0.5) is 0 Å². The molecule has 106 valence electrons. The molecule has 0 radical (unpaired) electrons. The molecule has 1 aromatic carbocycles. The molecule has 1 aromatic heterocycles. The smallest absolute Gasteiger partial charge is 0.220 e. The van der Waals surface area contributed by atoms with Crippen molar-refractivity contribution in [2.75, 3.05) is 6.54 Å². The van der Waals surface area contributed by atoms with Crippen LogP contribution < -0.4 is 5.32 Å². The molecular weight excluding hydrogens is 250 g/mol. The van der Waals surface area contributed by atoms with Crippen molar-refractivity contribution in [3.05, 3.63) is 48.3 Å². The van der Waals surface area contributed by atoms with Crippen LogP contribution >= 0.6 is 0 Å². The Morgan fingerprint density at radius 2 is 2.05 bits per heavy atom. The molecule has 1 amide bonds. The van der Waals surface area contributed by atoms with E-state index in [0.717, 1.165) is 17.7 Å². The van der Waals surface area contributed by atoms with Crippen molar-refractivity contribution in [2.24, 2.45) is 5.92 Å². The molecule has 4 heteroatoms. The fraction of sp³-hybridized carbons (Fsp3) is 0.375. The Labute approximate surface area is 119 Å². The minimum Gasteiger partial charge on any atom is -0.356 e. The summed E-state index contributed by atoms with van der Waals surface area (Å²) in [6, 6.07) is 9.99. The zero-order valence-electron chi connectivity index (χ0n) is 12.0. The highest BCUT2D eigenvalue weighted by molar-refractivity contribution is 5.76. The monoisotopic (exact) mass is 271 g/mol. The summed E-state index contributed by atoms with van der Waals surface area (Å²) in [5.41, 5.74) is 2.17. The van der Waals surface area contributed by atoms with Gasteiger partial charge in [0.1, 0.15) is 0 Å². The van der Waals surface area contributed by atoms with E-state index in [2.05, 4.69) is 10.4 Å². The molecule has 0 fully saturated rings. The van der Waals surface area contributed by atoms with Gasteiger partial charge >= 0.3 is 0 Å². The molecule has 0 aliphatic rings. The minimum absolute atomic E-state index is 0.121. The predicted molar refractivity (Wildman–Crippen MR) is 79.7 cm³/mol. The number of amides is 1. The third kappa shape index (κ3) is 4.23. The van der Waals surface area contributed by atoms with Gasteiger partial charge in [-0.15, -0.1) is 0 Å². The van der Waals surface area contributed by atoms with E-state index < -0.39 is 0 Å². The summed E-state index contributed by atoms with van der Waals surface area (Å²) < 4.78 is 1.85. The van der Waals surface area contributed by atoms with Crippen molar-refractivity contribution in [3.63, 3.8) is 0 Å². The Bertz CT molecular complexity index is 546. The largest absolute Gasteiger partial charge is 0.356 e. The number of carbonyl (C=O) groups is 1. The van der Waals surface area contributed by atoms with Crippen molar-refractivity contribution >= 4 is 5.91 Å². The summed E-state index contributed by atoms with van der Waals surface area (Å²) in [4.78, 5) is 11.5. The second-order valence-corrected chi connectivity index (χ2v) is 5.33. The molecule has 0 saturated heterocycles. The molecule has 1 heterocycles. The Kier molecular flexibility index (Phi) is 4.93. The van der Waals surface area contributed by atoms with Crippen LogP contribution in [0.25, 0.3) is 5.69 Å². The molecule has 4 nitrogen and oxygen atoms in total. The quantitative estimate of drug-likeness (QED) is 0.877. The van der Waals surface area contributed by atoms with Crippen molar-refractivity contribution in [1.82, 2.24) is 15.1 Å². The Balaban J connectivity index is 1.83. The molecular formula is C16H21N3O. The van der Waals surface area contributed by atoms with E-state index in [4.69, 9.17) is 0 Å². The van der Waals surface area contributed by atoms with Crippen LogP contribution in [0, 0.1) is 5.92 Å². The molecule has 0 spiro atoms. The van der Waals surface area contributed by atoms with Crippen molar-refractivity contribution in [1.29, 1.82) is 0 Å². The van der Waals surface area contributed by atoms with Crippen LogP contribution in [0.3, 0.4) is 0 Å². The number of para-hydroxylation sites is 1. The lowest BCUT2D eigenvalue weighted by atomic mass is 10.1. The summed E-state index contributed by atoms with van der Waals surface area (Å²) in [6.07, 6.45) is 5.24. The summed E-state index contributed by atoms with van der Waals surface area (Å²) in [6.45, 7) is 4.75. The molecule has 2 rings (SSSR count). The number of aromatic nitrogens is 2. The van der Waals surface area contributed by atoms with E-state index in [1.807, 2.05) is 61.3 Å². The van der Waals surface area contributed by atoms with Gasteiger partial charge in [-0.05, 0) is 30.0 Å². The predicted octanol–water partition coefficient (Wildman–Crippen LogP) is 2.58. The first-order valence-electron chi connectivity index (χ1n) is 7.01. The van der Waals surface area contributed by atoms with Gasteiger partial charge in [0, 0.05) is 19.2 Å². The molecule has 0 atom stereocenters. The second kappa shape index (κ2) is 6.89. The zero-order chi connectivity index (χ0) is 14.4. The Hall–Kier alpha value is -2.10. The molecule has 0 aliphatic carbocycles. The first-order valence-corrected chi connectivity index (χ1v) is 7.01. The van der Waals surface area contributed by atoms with Crippen LogP contribution in [0.2, 0.25) is 0 Å². The van der Waals surface area contributed by atoms with Gasteiger partial charge in [-0.25, -0.2) is 4.68 Å². The minimum atomic E-state index is 0.121. The van der Waals surface area contributed by atoms with E-state index >= 15 is 0 Å². The van der Waals surface area contributed by atoms with E-state index in [-0.39, 0.29) is 5.91 Å². The standard InChI is InChI=1S/C16H21N3O/c1-13(2)10-16(20)17-9-8-14-11-18-19(12-14)15-6-4-3-5-7-15/h3-7,11-13H,8-10H2,1-2H3,(H,17,20). The van der Waals surface area contributed by atoms with Gasteiger partial charge in [0.2, 0.25) is 5.91 Å². The number of rotatable bonds is 6. The first-order chi connectivity index (χ1) is 9.65. The first kappa shape index (κ1) is 14.3.